The molecule has 7 nitrogen and oxygen atoms in total. The number of imide groups is 1. The molecule has 186 valence electrons. The van der Waals surface area contributed by atoms with Crippen LogP contribution < -0.4 is 15.4 Å². The van der Waals surface area contributed by atoms with Crippen LogP contribution in [0.5, 0.6) is 5.75 Å². The first kappa shape index (κ1) is 24.6. The van der Waals surface area contributed by atoms with E-state index in [4.69, 9.17) is 4.74 Å². The molecular weight excluding hydrogens is 463 g/mol. The summed E-state index contributed by atoms with van der Waals surface area (Å²) in [4.78, 5) is 39.3. The number of carbonyl (C=O) groups is 3. The number of ether oxygens (including phenoxy) is 1. The molecule has 0 radical (unpaired) electrons. The molecular formula is C25H26F3N3O4. The number of amides is 4. The van der Waals surface area contributed by atoms with E-state index >= 15 is 0 Å². The Kier molecular flexibility index (Phi) is 6.48. The number of carbonyl (C=O) groups excluding carboxylic acids is 3. The quantitative estimate of drug-likeness (QED) is 0.565. The number of alkyl halides is 3. The summed E-state index contributed by atoms with van der Waals surface area (Å²) in [6, 6.07) is 7.66. The van der Waals surface area contributed by atoms with Gasteiger partial charge < -0.3 is 15.4 Å². The standard InChI is InChI=1S/C25H26F3N3O4/c1-3-11-35-20-10-9-18(25(26,27)28)13-19(20)29-21(32)14-31-22(33)24(2,30-23(31)34)17-8-7-15-5-4-6-16(15)12-17/h7-10,12-13H,3-6,11,14H2,1-2H3,(H,29,32)(H,30,34). The van der Waals surface area contributed by atoms with Gasteiger partial charge in [0.2, 0.25) is 5.91 Å². The van der Waals surface area contributed by atoms with E-state index in [1.807, 2.05) is 19.1 Å². The van der Waals surface area contributed by atoms with Crippen LogP contribution in [0.25, 0.3) is 0 Å². The largest absolute Gasteiger partial charge is 0.491 e. The van der Waals surface area contributed by atoms with Crippen LogP contribution in [0.15, 0.2) is 36.4 Å². The van der Waals surface area contributed by atoms with E-state index < -0.39 is 41.7 Å². The molecule has 35 heavy (non-hydrogen) atoms. The average molecular weight is 489 g/mol. The molecule has 1 atom stereocenters. The van der Waals surface area contributed by atoms with E-state index in [9.17, 15) is 27.6 Å². The third-order valence-electron chi connectivity index (χ3n) is 6.30. The van der Waals surface area contributed by atoms with Crippen LogP contribution in [0.2, 0.25) is 0 Å². The van der Waals surface area contributed by atoms with Crippen molar-refractivity contribution in [3.05, 3.63) is 58.7 Å². The number of rotatable bonds is 7. The van der Waals surface area contributed by atoms with Gasteiger partial charge in [-0.2, -0.15) is 13.2 Å². The molecule has 1 aliphatic carbocycles. The summed E-state index contributed by atoms with van der Waals surface area (Å²) in [5.41, 5.74) is 0.467. The number of hydrogen-bond acceptors (Lipinski definition) is 4. The van der Waals surface area contributed by atoms with Crippen LogP contribution in [-0.4, -0.2) is 35.9 Å². The first-order valence-corrected chi connectivity index (χ1v) is 11.4. The van der Waals surface area contributed by atoms with E-state index in [0.29, 0.717) is 12.0 Å². The fraction of sp³-hybridized carbons (Fsp3) is 0.400. The molecule has 0 saturated carbocycles. The predicted octanol–water partition coefficient (Wildman–Crippen LogP) is 4.39. The van der Waals surface area contributed by atoms with Gasteiger partial charge in [0.1, 0.15) is 17.8 Å². The Morgan fingerprint density at radius 1 is 1.14 bits per heavy atom. The lowest BCUT2D eigenvalue weighted by Gasteiger charge is -2.23. The Hall–Kier alpha value is -3.56. The molecule has 2 aromatic carbocycles. The fourth-order valence-corrected chi connectivity index (χ4v) is 4.39. The van der Waals surface area contributed by atoms with Crippen molar-refractivity contribution in [3.8, 4) is 5.75 Å². The molecule has 4 amide bonds. The molecule has 2 N–H and O–H groups in total. The normalized spacial score (nSPS) is 19.5. The number of benzene rings is 2. The lowest BCUT2D eigenvalue weighted by molar-refractivity contribution is -0.137. The fourth-order valence-electron chi connectivity index (χ4n) is 4.39. The number of urea groups is 1. The molecule has 2 aromatic rings. The van der Waals surface area contributed by atoms with Crippen molar-refractivity contribution in [2.24, 2.45) is 0 Å². The molecule has 0 bridgehead atoms. The maximum Gasteiger partial charge on any atom is 0.416 e. The molecule has 1 heterocycles. The van der Waals surface area contributed by atoms with Crippen LogP contribution in [-0.2, 0) is 34.1 Å². The molecule has 1 aliphatic heterocycles. The summed E-state index contributed by atoms with van der Waals surface area (Å²) in [6.45, 7) is 2.98. The van der Waals surface area contributed by atoms with Gasteiger partial charge in [-0.3, -0.25) is 14.5 Å². The second kappa shape index (κ2) is 9.24. The minimum absolute atomic E-state index is 0.0633. The van der Waals surface area contributed by atoms with Gasteiger partial charge in [-0.05, 0) is 67.5 Å². The number of halogens is 3. The summed E-state index contributed by atoms with van der Waals surface area (Å²) < 4.78 is 45.0. The zero-order valence-corrected chi connectivity index (χ0v) is 19.4. The first-order chi connectivity index (χ1) is 16.5. The first-order valence-electron chi connectivity index (χ1n) is 11.4. The van der Waals surface area contributed by atoms with Crippen LogP contribution in [0.4, 0.5) is 23.7 Å². The Morgan fingerprint density at radius 3 is 2.60 bits per heavy atom. The van der Waals surface area contributed by atoms with Gasteiger partial charge in [0, 0.05) is 0 Å². The van der Waals surface area contributed by atoms with Gasteiger partial charge in [0.15, 0.2) is 0 Å². The van der Waals surface area contributed by atoms with Crippen LogP contribution >= 0.6 is 0 Å². The Bertz CT molecular complexity index is 1180. The van der Waals surface area contributed by atoms with E-state index in [0.717, 1.165) is 47.9 Å². The summed E-state index contributed by atoms with van der Waals surface area (Å²) in [6.07, 6.45) is -1.11. The Balaban J connectivity index is 1.52. The summed E-state index contributed by atoms with van der Waals surface area (Å²) in [5.74, 6) is -1.37. The highest BCUT2D eigenvalue weighted by Crippen LogP contribution is 2.36. The maximum absolute atomic E-state index is 13.2. The van der Waals surface area contributed by atoms with Crippen molar-refractivity contribution >= 4 is 23.5 Å². The third kappa shape index (κ3) is 4.82. The lowest BCUT2D eigenvalue weighted by Crippen LogP contribution is -2.42. The van der Waals surface area contributed by atoms with Crippen LogP contribution in [0.1, 0.15) is 48.9 Å². The average Bonchev–Trinajstić information content (AvgIpc) is 3.36. The second-order valence-corrected chi connectivity index (χ2v) is 8.89. The predicted molar refractivity (Wildman–Crippen MR) is 122 cm³/mol. The van der Waals surface area contributed by atoms with E-state index in [2.05, 4.69) is 10.6 Å². The third-order valence-corrected chi connectivity index (χ3v) is 6.30. The topological polar surface area (TPSA) is 87.7 Å². The van der Waals surface area contributed by atoms with Gasteiger partial charge in [0.05, 0.1) is 17.9 Å². The lowest BCUT2D eigenvalue weighted by atomic mass is 9.89. The SMILES string of the molecule is CCCOc1ccc(C(F)(F)F)cc1NC(=O)CN1C(=O)NC(C)(c2ccc3c(c2)CCC3)C1=O. The van der Waals surface area contributed by atoms with E-state index in [1.54, 1.807) is 13.0 Å². The zero-order valence-electron chi connectivity index (χ0n) is 19.4. The molecule has 0 aromatic heterocycles. The second-order valence-electron chi connectivity index (χ2n) is 8.89. The van der Waals surface area contributed by atoms with Gasteiger partial charge in [0.25, 0.3) is 5.91 Å². The van der Waals surface area contributed by atoms with Crippen molar-refractivity contribution in [1.29, 1.82) is 0 Å². The smallest absolute Gasteiger partial charge is 0.416 e. The van der Waals surface area contributed by atoms with Gasteiger partial charge >= 0.3 is 12.2 Å². The Labute approximate surface area is 200 Å². The number of hydrogen-bond donors (Lipinski definition) is 2. The van der Waals surface area contributed by atoms with Crippen LogP contribution in [0.3, 0.4) is 0 Å². The summed E-state index contributed by atoms with van der Waals surface area (Å²) >= 11 is 0. The highest BCUT2D eigenvalue weighted by atomic mass is 19.4. The number of nitrogens with zero attached hydrogens (tertiary/aromatic N) is 1. The number of anilines is 1. The number of nitrogens with one attached hydrogen (secondary N) is 2. The minimum atomic E-state index is -4.62. The molecule has 1 saturated heterocycles. The van der Waals surface area contributed by atoms with E-state index in [1.165, 1.54) is 5.56 Å². The van der Waals surface area contributed by atoms with E-state index in [-0.39, 0.29) is 18.0 Å². The maximum atomic E-state index is 13.2. The van der Waals surface area contributed by atoms with Gasteiger partial charge in [-0.25, -0.2) is 4.79 Å². The number of fused-ring (bicyclic) bond motifs is 1. The molecule has 1 fully saturated rings. The monoisotopic (exact) mass is 489 g/mol. The van der Waals surface area contributed by atoms with Crippen molar-refractivity contribution in [3.63, 3.8) is 0 Å². The van der Waals surface area contributed by atoms with Crippen molar-refractivity contribution < 1.29 is 32.3 Å². The Morgan fingerprint density at radius 2 is 1.89 bits per heavy atom. The molecule has 0 spiro atoms. The van der Waals surface area contributed by atoms with Gasteiger partial charge in [-0.1, -0.05) is 25.1 Å². The van der Waals surface area contributed by atoms with Crippen molar-refractivity contribution in [2.45, 2.75) is 51.2 Å². The molecule has 2 aliphatic rings. The van der Waals surface area contributed by atoms with Crippen molar-refractivity contribution in [2.75, 3.05) is 18.5 Å². The van der Waals surface area contributed by atoms with Crippen LogP contribution in [0, 0.1) is 0 Å². The summed E-state index contributed by atoms with van der Waals surface area (Å²) in [5, 5.41) is 5.02. The highest BCUT2D eigenvalue weighted by Gasteiger charge is 2.49. The number of aryl methyl sites for hydroxylation is 2. The zero-order chi connectivity index (χ0) is 25.4. The molecule has 4 rings (SSSR count). The molecule has 10 heteroatoms. The highest BCUT2D eigenvalue weighted by molar-refractivity contribution is 6.10. The van der Waals surface area contributed by atoms with Gasteiger partial charge in [-0.15, -0.1) is 0 Å². The molecule has 1 unspecified atom stereocenters. The van der Waals surface area contributed by atoms with Crippen molar-refractivity contribution in [1.82, 2.24) is 10.2 Å². The summed E-state index contributed by atoms with van der Waals surface area (Å²) in [7, 11) is 0. The minimum Gasteiger partial charge on any atom is -0.491 e.